The molecule has 8 nitrogen and oxygen atoms in total. The van der Waals surface area contributed by atoms with Crippen molar-refractivity contribution in [2.75, 3.05) is 13.1 Å². The molecule has 6 rings (SSSR count). The lowest BCUT2D eigenvalue weighted by atomic mass is 9.87. The van der Waals surface area contributed by atoms with Crippen molar-refractivity contribution in [1.29, 1.82) is 0 Å². The summed E-state index contributed by atoms with van der Waals surface area (Å²) >= 11 is 0. The molecule has 186 valence electrons. The number of carbonyl (C=O) groups excluding carboxylic acids is 4. The maximum atomic E-state index is 13.1. The molecule has 1 saturated carbocycles. The fraction of sp³-hybridized carbons (Fsp3) is 0.630. The van der Waals surface area contributed by atoms with Gasteiger partial charge in [0.15, 0.2) is 0 Å². The Bertz CT molecular complexity index is 1070. The number of likely N-dealkylation sites (tertiary alicyclic amines) is 1. The van der Waals surface area contributed by atoms with E-state index in [1.165, 1.54) is 30.4 Å². The Labute approximate surface area is 206 Å². The van der Waals surface area contributed by atoms with Crippen molar-refractivity contribution in [2.45, 2.75) is 89.5 Å². The molecule has 0 aromatic heterocycles. The minimum atomic E-state index is -0.569. The normalized spacial score (nSPS) is 26.2. The van der Waals surface area contributed by atoms with Crippen molar-refractivity contribution in [3.05, 3.63) is 34.4 Å². The molecule has 5 aliphatic rings. The van der Waals surface area contributed by atoms with Crippen LogP contribution in [0.4, 0.5) is 0 Å². The van der Waals surface area contributed by atoms with Crippen LogP contribution in [0, 0.1) is 5.92 Å². The lowest BCUT2D eigenvalue weighted by Crippen LogP contribution is -2.52. The molecule has 0 radical (unpaired) electrons. The van der Waals surface area contributed by atoms with E-state index < -0.39 is 6.04 Å². The molecule has 0 bridgehead atoms. The Morgan fingerprint density at radius 1 is 0.829 bits per heavy atom. The number of nitrogens with one attached hydrogen (secondary N) is 1. The van der Waals surface area contributed by atoms with Gasteiger partial charge in [0.1, 0.15) is 6.04 Å². The van der Waals surface area contributed by atoms with Gasteiger partial charge in [0.2, 0.25) is 17.7 Å². The van der Waals surface area contributed by atoms with Gasteiger partial charge >= 0.3 is 0 Å². The quantitative estimate of drug-likeness (QED) is 0.674. The van der Waals surface area contributed by atoms with Gasteiger partial charge in [-0.05, 0) is 54.9 Å². The molecular formula is C27H34N4O4. The van der Waals surface area contributed by atoms with Crippen LogP contribution in [0.1, 0.15) is 84.8 Å². The number of fused-ring (bicyclic) bond motifs is 2. The van der Waals surface area contributed by atoms with Crippen molar-refractivity contribution in [3.8, 4) is 0 Å². The summed E-state index contributed by atoms with van der Waals surface area (Å²) in [5, 5.41) is 2.37. The third-order valence-corrected chi connectivity index (χ3v) is 8.84. The van der Waals surface area contributed by atoms with Gasteiger partial charge in [-0.15, -0.1) is 0 Å². The molecule has 2 saturated heterocycles. The first-order valence-corrected chi connectivity index (χ1v) is 13.3. The van der Waals surface area contributed by atoms with Gasteiger partial charge in [-0.2, -0.15) is 0 Å². The highest BCUT2D eigenvalue weighted by Crippen LogP contribution is 2.35. The van der Waals surface area contributed by atoms with Gasteiger partial charge in [0.25, 0.3) is 5.91 Å². The molecule has 1 N–H and O–H groups in total. The number of hydrogen-bond acceptors (Lipinski definition) is 5. The summed E-state index contributed by atoms with van der Waals surface area (Å²) in [6.07, 6.45) is 8.45. The van der Waals surface area contributed by atoms with Gasteiger partial charge in [0.05, 0.1) is 0 Å². The Hall–Kier alpha value is -2.74. The Morgan fingerprint density at radius 3 is 2.26 bits per heavy atom. The average Bonchev–Trinajstić information content (AvgIpc) is 3.43. The van der Waals surface area contributed by atoms with E-state index in [2.05, 4.69) is 21.2 Å². The molecule has 4 amide bonds. The van der Waals surface area contributed by atoms with E-state index in [4.69, 9.17) is 0 Å². The van der Waals surface area contributed by atoms with Crippen LogP contribution in [0.15, 0.2) is 12.1 Å². The number of hydrogen-bond donors (Lipinski definition) is 1. The summed E-state index contributed by atoms with van der Waals surface area (Å²) < 4.78 is 0. The largest absolute Gasteiger partial charge is 0.342 e. The fourth-order valence-corrected chi connectivity index (χ4v) is 6.82. The first-order valence-electron chi connectivity index (χ1n) is 13.3. The molecule has 3 fully saturated rings. The zero-order valence-electron chi connectivity index (χ0n) is 20.3. The summed E-state index contributed by atoms with van der Waals surface area (Å²) in [6.45, 7) is 3.83. The minimum absolute atomic E-state index is 0.106. The first-order chi connectivity index (χ1) is 17.0. The Morgan fingerprint density at radius 2 is 1.54 bits per heavy atom. The molecule has 0 spiro atoms. The number of benzene rings is 1. The molecular weight excluding hydrogens is 444 g/mol. The molecule has 8 heteroatoms. The highest BCUT2D eigenvalue weighted by molar-refractivity contribution is 6.05. The van der Waals surface area contributed by atoms with Gasteiger partial charge in [-0.1, -0.05) is 25.3 Å². The maximum Gasteiger partial charge on any atom is 0.255 e. The van der Waals surface area contributed by atoms with Crippen LogP contribution in [-0.4, -0.2) is 63.5 Å². The van der Waals surface area contributed by atoms with E-state index in [1.54, 1.807) is 4.90 Å². The summed E-state index contributed by atoms with van der Waals surface area (Å²) in [6, 6.07) is 4.07. The zero-order chi connectivity index (χ0) is 24.1. The third-order valence-electron chi connectivity index (χ3n) is 8.84. The van der Waals surface area contributed by atoms with Crippen molar-refractivity contribution < 1.29 is 19.2 Å². The highest BCUT2D eigenvalue weighted by atomic mass is 16.2. The second-order valence-electron chi connectivity index (χ2n) is 11.0. The predicted molar refractivity (Wildman–Crippen MR) is 128 cm³/mol. The number of nitrogens with zero attached hydrogens (tertiary/aromatic N) is 3. The second kappa shape index (κ2) is 9.04. The fourth-order valence-electron chi connectivity index (χ4n) is 6.82. The van der Waals surface area contributed by atoms with Crippen molar-refractivity contribution in [3.63, 3.8) is 0 Å². The van der Waals surface area contributed by atoms with E-state index in [0.717, 1.165) is 57.4 Å². The van der Waals surface area contributed by atoms with Crippen LogP contribution in [0.2, 0.25) is 0 Å². The van der Waals surface area contributed by atoms with Crippen LogP contribution in [0.25, 0.3) is 0 Å². The molecule has 1 aromatic carbocycles. The molecule has 35 heavy (non-hydrogen) atoms. The van der Waals surface area contributed by atoms with Crippen LogP contribution in [-0.2, 0) is 34.0 Å². The SMILES string of the molecule is O=C1CCC(N2Cc3cc4c(cc3C2=O)CN(C2CCN(C(=O)C3CCCCC3)CC2)C4)C(=O)N1. The summed E-state index contributed by atoms with van der Waals surface area (Å²) in [5.74, 6) is -0.113. The van der Waals surface area contributed by atoms with Crippen LogP contribution >= 0.6 is 0 Å². The Kier molecular flexibility index (Phi) is 5.87. The molecule has 4 heterocycles. The van der Waals surface area contributed by atoms with Gasteiger partial charge in [-0.25, -0.2) is 0 Å². The van der Waals surface area contributed by atoms with Gasteiger partial charge in [-0.3, -0.25) is 29.4 Å². The minimum Gasteiger partial charge on any atom is -0.342 e. The predicted octanol–water partition coefficient (Wildman–Crippen LogP) is 2.33. The van der Waals surface area contributed by atoms with Gasteiger partial charge < -0.3 is 9.80 Å². The zero-order valence-corrected chi connectivity index (χ0v) is 20.3. The highest BCUT2D eigenvalue weighted by Gasteiger charge is 2.40. The second-order valence-corrected chi connectivity index (χ2v) is 11.0. The van der Waals surface area contributed by atoms with Crippen molar-refractivity contribution >= 4 is 23.6 Å². The summed E-state index contributed by atoms with van der Waals surface area (Å²) in [5.41, 5.74) is 4.14. The lowest BCUT2D eigenvalue weighted by Gasteiger charge is -2.38. The number of piperidine rings is 2. The number of rotatable bonds is 3. The third kappa shape index (κ3) is 4.15. The molecule has 1 atom stereocenters. The van der Waals surface area contributed by atoms with Crippen LogP contribution in [0.5, 0.6) is 0 Å². The monoisotopic (exact) mass is 478 g/mol. The summed E-state index contributed by atoms with van der Waals surface area (Å²) in [4.78, 5) is 56.1. The molecule has 1 aliphatic carbocycles. The maximum absolute atomic E-state index is 13.1. The molecule has 1 aromatic rings. The van der Waals surface area contributed by atoms with E-state index in [0.29, 0.717) is 30.5 Å². The van der Waals surface area contributed by atoms with E-state index in [9.17, 15) is 19.2 Å². The standard InChI is InChI=1S/C27H34N4O4/c32-24-7-6-23(25(33)28-24)31-16-20-12-18-14-30(15-19(18)13-22(20)27(31)35)21-8-10-29(11-9-21)26(34)17-4-2-1-3-5-17/h12-13,17,21,23H,1-11,14-16H2,(H,28,32,33). The summed E-state index contributed by atoms with van der Waals surface area (Å²) in [7, 11) is 0. The number of imide groups is 1. The van der Waals surface area contributed by atoms with Crippen LogP contribution in [0.3, 0.4) is 0 Å². The topological polar surface area (TPSA) is 90.0 Å². The molecule has 4 aliphatic heterocycles. The molecule has 1 unspecified atom stereocenters. The average molecular weight is 479 g/mol. The van der Waals surface area contributed by atoms with E-state index in [1.807, 2.05) is 6.07 Å². The Balaban J connectivity index is 1.07. The van der Waals surface area contributed by atoms with Crippen LogP contribution < -0.4 is 5.32 Å². The van der Waals surface area contributed by atoms with Gasteiger partial charge in [0, 0.05) is 56.7 Å². The van der Waals surface area contributed by atoms with E-state index in [-0.39, 0.29) is 30.1 Å². The first kappa shape index (κ1) is 22.7. The smallest absolute Gasteiger partial charge is 0.255 e. The van der Waals surface area contributed by atoms with E-state index >= 15 is 0 Å². The number of carbonyl (C=O) groups is 4. The lowest BCUT2D eigenvalue weighted by molar-refractivity contribution is -0.138. The number of amides is 4. The van der Waals surface area contributed by atoms with Crippen molar-refractivity contribution in [2.24, 2.45) is 5.92 Å². The van der Waals surface area contributed by atoms with Crippen molar-refractivity contribution in [1.82, 2.24) is 20.0 Å².